The molecule has 0 saturated carbocycles. The number of benzene rings is 1. The van der Waals surface area contributed by atoms with Gasteiger partial charge in [-0.3, -0.25) is 4.79 Å². The first-order valence-electron chi connectivity index (χ1n) is 8.29. The number of hydrogen-bond donors (Lipinski definition) is 1. The summed E-state index contributed by atoms with van der Waals surface area (Å²) >= 11 is 0. The molecule has 24 heavy (non-hydrogen) atoms. The third kappa shape index (κ3) is 4.44. The van der Waals surface area contributed by atoms with Crippen molar-refractivity contribution in [1.29, 1.82) is 0 Å². The summed E-state index contributed by atoms with van der Waals surface area (Å²) in [7, 11) is 0. The summed E-state index contributed by atoms with van der Waals surface area (Å²) < 4.78 is 5.56. The van der Waals surface area contributed by atoms with E-state index in [0.29, 0.717) is 11.8 Å². The van der Waals surface area contributed by atoms with E-state index in [0.717, 1.165) is 37.3 Å². The molecule has 1 aliphatic rings. The van der Waals surface area contributed by atoms with E-state index in [9.17, 15) is 4.79 Å². The molecule has 1 N–H and O–H groups in total. The van der Waals surface area contributed by atoms with Crippen LogP contribution in [0, 0.1) is 6.92 Å². The van der Waals surface area contributed by atoms with Gasteiger partial charge in [-0.15, -0.1) is 0 Å². The Balaban J connectivity index is 1.60. The molecule has 0 radical (unpaired) electrons. The van der Waals surface area contributed by atoms with Crippen molar-refractivity contribution in [2.24, 2.45) is 0 Å². The number of ether oxygens (including phenoxy) is 1. The number of carbonyl (C=O) groups is 1. The zero-order valence-corrected chi connectivity index (χ0v) is 13.9. The average molecular weight is 326 g/mol. The topological polar surface area (TPSA) is 67.3 Å². The molecule has 2 heterocycles. The zero-order valence-electron chi connectivity index (χ0n) is 13.9. The van der Waals surface area contributed by atoms with Crippen molar-refractivity contribution in [3.05, 3.63) is 42.1 Å². The van der Waals surface area contributed by atoms with Crippen molar-refractivity contribution >= 4 is 17.5 Å². The number of nitrogens with zero attached hydrogens (tertiary/aromatic N) is 3. The molecule has 3 rings (SSSR count). The van der Waals surface area contributed by atoms with Crippen molar-refractivity contribution in [3.8, 4) is 5.88 Å². The summed E-state index contributed by atoms with van der Waals surface area (Å²) in [4.78, 5) is 23.1. The first-order chi connectivity index (χ1) is 11.7. The Bertz CT molecular complexity index is 685. The number of amides is 1. The van der Waals surface area contributed by atoms with Gasteiger partial charge in [-0.25, -0.2) is 4.98 Å². The molecule has 0 aliphatic carbocycles. The van der Waals surface area contributed by atoms with Crippen LogP contribution in [-0.2, 0) is 4.79 Å². The number of para-hydroxylation sites is 1. The van der Waals surface area contributed by atoms with E-state index in [1.54, 1.807) is 6.07 Å². The van der Waals surface area contributed by atoms with Crippen LogP contribution in [-0.4, -0.2) is 35.6 Å². The Morgan fingerprint density at radius 2 is 1.92 bits per heavy atom. The van der Waals surface area contributed by atoms with Crippen LogP contribution in [0.3, 0.4) is 0 Å². The summed E-state index contributed by atoms with van der Waals surface area (Å²) in [6.45, 7) is 3.77. The van der Waals surface area contributed by atoms with Crippen LogP contribution in [0.1, 0.15) is 25.0 Å². The van der Waals surface area contributed by atoms with Crippen LogP contribution in [0.4, 0.5) is 11.6 Å². The molecule has 1 saturated heterocycles. The molecule has 6 heteroatoms. The fraction of sp³-hybridized carbons (Fsp3) is 0.389. The minimum atomic E-state index is -0.211. The number of rotatable bonds is 5. The van der Waals surface area contributed by atoms with E-state index in [1.807, 2.05) is 37.3 Å². The SMILES string of the molecule is Cc1cc(OCC(=O)Nc2ccccc2)nc(N2CCCCC2)n1. The second kappa shape index (κ2) is 7.77. The maximum Gasteiger partial charge on any atom is 0.262 e. The van der Waals surface area contributed by atoms with Gasteiger partial charge >= 0.3 is 0 Å². The Kier molecular flexibility index (Phi) is 5.25. The van der Waals surface area contributed by atoms with Gasteiger partial charge in [0.25, 0.3) is 5.91 Å². The maximum absolute atomic E-state index is 12.0. The van der Waals surface area contributed by atoms with Gasteiger partial charge in [0.2, 0.25) is 11.8 Å². The summed E-state index contributed by atoms with van der Waals surface area (Å²) in [5, 5.41) is 2.79. The van der Waals surface area contributed by atoms with Gasteiger partial charge in [0, 0.05) is 30.5 Å². The van der Waals surface area contributed by atoms with E-state index in [2.05, 4.69) is 20.2 Å². The molecule has 0 spiro atoms. The van der Waals surface area contributed by atoms with E-state index in [1.165, 1.54) is 6.42 Å². The first-order valence-corrected chi connectivity index (χ1v) is 8.29. The Labute approximate surface area is 141 Å². The highest BCUT2D eigenvalue weighted by atomic mass is 16.5. The normalized spacial score (nSPS) is 14.3. The number of carbonyl (C=O) groups excluding carboxylic acids is 1. The van der Waals surface area contributed by atoms with Crippen molar-refractivity contribution in [3.63, 3.8) is 0 Å². The molecule has 1 fully saturated rings. The predicted molar refractivity (Wildman–Crippen MR) is 93.4 cm³/mol. The highest BCUT2D eigenvalue weighted by Gasteiger charge is 2.15. The summed E-state index contributed by atoms with van der Waals surface area (Å²) in [5.41, 5.74) is 1.59. The van der Waals surface area contributed by atoms with Crippen molar-refractivity contribution in [2.45, 2.75) is 26.2 Å². The number of nitrogens with one attached hydrogen (secondary N) is 1. The highest BCUT2D eigenvalue weighted by Crippen LogP contribution is 2.19. The van der Waals surface area contributed by atoms with E-state index in [4.69, 9.17) is 4.74 Å². The summed E-state index contributed by atoms with van der Waals surface area (Å²) in [5.74, 6) is 0.913. The number of piperidine rings is 1. The molecule has 2 aromatic rings. The smallest absolute Gasteiger partial charge is 0.262 e. The predicted octanol–water partition coefficient (Wildman–Crippen LogP) is 2.79. The molecule has 0 unspecified atom stereocenters. The molecule has 0 bridgehead atoms. The summed E-state index contributed by atoms with van der Waals surface area (Å²) in [6, 6.07) is 11.1. The Morgan fingerprint density at radius 1 is 1.17 bits per heavy atom. The lowest BCUT2D eigenvalue weighted by Crippen LogP contribution is -2.31. The second-order valence-corrected chi connectivity index (χ2v) is 5.90. The van der Waals surface area contributed by atoms with Crippen molar-refractivity contribution in [2.75, 3.05) is 29.9 Å². The molecule has 1 aromatic carbocycles. The molecular weight excluding hydrogens is 304 g/mol. The van der Waals surface area contributed by atoms with Crippen molar-refractivity contribution in [1.82, 2.24) is 9.97 Å². The molecular formula is C18H22N4O2. The van der Waals surface area contributed by atoms with E-state index >= 15 is 0 Å². The lowest BCUT2D eigenvalue weighted by molar-refractivity contribution is -0.118. The first kappa shape index (κ1) is 16.2. The minimum Gasteiger partial charge on any atom is -0.467 e. The van der Waals surface area contributed by atoms with Crippen LogP contribution in [0.15, 0.2) is 36.4 Å². The van der Waals surface area contributed by atoms with Crippen LogP contribution in [0.5, 0.6) is 5.88 Å². The van der Waals surface area contributed by atoms with Crippen LogP contribution in [0.25, 0.3) is 0 Å². The van der Waals surface area contributed by atoms with Crippen molar-refractivity contribution < 1.29 is 9.53 Å². The van der Waals surface area contributed by atoms with Gasteiger partial charge in [0.05, 0.1) is 0 Å². The largest absolute Gasteiger partial charge is 0.467 e. The lowest BCUT2D eigenvalue weighted by Gasteiger charge is -2.26. The third-order valence-corrected chi connectivity index (χ3v) is 3.87. The van der Waals surface area contributed by atoms with Gasteiger partial charge in [0.1, 0.15) is 0 Å². The van der Waals surface area contributed by atoms with Gasteiger partial charge < -0.3 is 15.0 Å². The van der Waals surface area contributed by atoms with E-state index in [-0.39, 0.29) is 12.5 Å². The van der Waals surface area contributed by atoms with Gasteiger partial charge in [-0.05, 0) is 38.3 Å². The summed E-state index contributed by atoms with van der Waals surface area (Å²) in [6.07, 6.45) is 3.57. The monoisotopic (exact) mass is 326 g/mol. The number of anilines is 2. The van der Waals surface area contributed by atoms with E-state index < -0.39 is 0 Å². The lowest BCUT2D eigenvalue weighted by atomic mass is 10.1. The number of hydrogen-bond acceptors (Lipinski definition) is 5. The quantitative estimate of drug-likeness (QED) is 0.915. The van der Waals surface area contributed by atoms with Gasteiger partial charge in [0.15, 0.2) is 6.61 Å². The molecule has 1 aliphatic heterocycles. The van der Waals surface area contributed by atoms with Crippen LogP contribution >= 0.6 is 0 Å². The number of aromatic nitrogens is 2. The zero-order chi connectivity index (χ0) is 16.8. The fourth-order valence-electron chi connectivity index (χ4n) is 2.69. The Hall–Kier alpha value is -2.63. The van der Waals surface area contributed by atoms with Crippen LogP contribution < -0.4 is 15.0 Å². The average Bonchev–Trinajstić information content (AvgIpc) is 2.61. The molecule has 1 amide bonds. The molecule has 0 atom stereocenters. The number of aryl methyl sites for hydroxylation is 1. The highest BCUT2D eigenvalue weighted by molar-refractivity contribution is 5.91. The molecule has 126 valence electrons. The molecule has 6 nitrogen and oxygen atoms in total. The standard InChI is InChI=1S/C18H22N4O2/c1-14-12-17(21-18(19-14)22-10-6-3-7-11-22)24-13-16(23)20-15-8-4-2-5-9-15/h2,4-5,8-9,12H,3,6-7,10-11,13H2,1H3,(H,20,23). The van der Waals surface area contributed by atoms with Gasteiger partial charge in [-0.1, -0.05) is 18.2 Å². The van der Waals surface area contributed by atoms with Crippen LogP contribution in [0.2, 0.25) is 0 Å². The Morgan fingerprint density at radius 3 is 2.67 bits per heavy atom. The second-order valence-electron chi connectivity index (χ2n) is 5.90. The maximum atomic E-state index is 12.0. The fourth-order valence-corrected chi connectivity index (χ4v) is 2.69. The minimum absolute atomic E-state index is 0.0786. The molecule has 1 aromatic heterocycles. The third-order valence-electron chi connectivity index (χ3n) is 3.87. The van der Waals surface area contributed by atoms with Gasteiger partial charge in [-0.2, -0.15) is 4.98 Å².